The second kappa shape index (κ2) is 7.89. The van der Waals surface area contributed by atoms with Gasteiger partial charge in [-0.05, 0) is 64.6 Å². The molecule has 0 radical (unpaired) electrons. The Balaban J connectivity index is 1.78. The molecule has 0 aromatic heterocycles. The summed E-state index contributed by atoms with van der Waals surface area (Å²) in [4.78, 5) is 0. The summed E-state index contributed by atoms with van der Waals surface area (Å²) >= 11 is 2.19. The molecule has 0 unspecified atom stereocenters. The maximum Gasteiger partial charge on any atom is 0.215 e. The number of benzene rings is 2. The summed E-state index contributed by atoms with van der Waals surface area (Å²) in [6.07, 6.45) is 0. The molecule has 0 aliphatic carbocycles. The van der Waals surface area contributed by atoms with Gasteiger partial charge in [-0.15, -0.1) is 0 Å². The third-order valence-electron chi connectivity index (χ3n) is 2.84. The van der Waals surface area contributed by atoms with E-state index in [0.717, 1.165) is 9.13 Å². The van der Waals surface area contributed by atoms with Crippen LogP contribution in [0.1, 0.15) is 5.56 Å². The minimum absolute atomic E-state index is 0.00759. The summed E-state index contributed by atoms with van der Waals surface area (Å²) in [6, 6.07) is 13.0. The van der Waals surface area contributed by atoms with Crippen molar-refractivity contribution in [3.05, 3.63) is 63.5 Å². The average Bonchev–Trinajstić information content (AvgIpc) is 2.49. The van der Waals surface area contributed by atoms with Crippen LogP contribution >= 0.6 is 22.6 Å². The van der Waals surface area contributed by atoms with Crippen LogP contribution in [-0.2, 0) is 16.6 Å². The van der Waals surface area contributed by atoms with Gasteiger partial charge in [0.1, 0.15) is 18.2 Å². The van der Waals surface area contributed by atoms with Crippen LogP contribution in [-0.4, -0.2) is 20.8 Å². The zero-order valence-electron chi connectivity index (χ0n) is 11.6. The van der Waals surface area contributed by atoms with E-state index in [2.05, 4.69) is 27.3 Å². The molecule has 118 valence electrons. The predicted octanol–water partition coefficient (Wildman–Crippen LogP) is 2.93. The van der Waals surface area contributed by atoms with Crippen molar-refractivity contribution < 1.29 is 17.5 Å². The van der Waals surface area contributed by atoms with Crippen molar-refractivity contribution in [3.63, 3.8) is 0 Å². The number of sulfonamides is 1. The lowest BCUT2D eigenvalue weighted by Gasteiger charge is -2.08. The van der Waals surface area contributed by atoms with Crippen LogP contribution in [0.5, 0.6) is 5.75 Å². The number of ether oxygens (including phenoxy) is 1. The van der Waals surface area contributed by atoms with Crippen molar-refractivity contribution in [3.8, 4) is 5.75 Å². The van der Waals surface area contributed by atoms with Crippen molar-refractivity contribution in [2.24, 2.45) is 0 Å². The SMILES string of the molecule is O=S(=O)(CCOc1ccc(F)cc1)NCc1ccc(I)cc1. The van der Waals surface area contributed by atoms with E-state index in [1.54, 1.807) is 0 Å². The van der Waals surface area contributed by atoms with E-state index in [1.165, 1.54) is 24.3 Å². The summed E-state index contributed by atoms with van der Waals surface area (Å²) in [6.45, 7) is 0.253. The zero-order chi connectivity index (χ0) is 16.0. The molecule has 2 rings (SSSR count). The van der Waals surface area contributed by atoms with E-state index in [0.29, 0.717) is 5.75 Å². The van der Waals surface area contributed by atoms with Crippen molar-refractivity contribution in [2.75, 3.05) is 12.4 Å². The quantitative estimate of drug-likeness (QED) is 0.681. The van der Waals surface area contributed by atoms with E-state index in [4.69, 9.17) is 4.74 Å². The van der Waals surface area contributed by atoms with Crippen LogP contribution in [0, 0.1) is 9.39 Å². The highest BCUT2D eigenvalue weighted by Gasteiger charge is 2.10. The second-order valence-electron chi connectivity index (χ2n) is 4.57. The molecule has 0 spiro atoms. The van der Waals surface area contributed by atoms with Gasteiger partial charge >= 0.3 is 0 Å². The van der Waals surface area contributed by atoms with E-state index < -0.39 is 10.0 Å². The Morgan fingerprint density at radius 2 is 1.68 bits per heavy atom. The maximum atomic E-state index is 12.7. The first-order valence-corrected chi connectivity index (χ1v) is 9.28. The van der Waals surface area contributed by atoms with Gasteiger partial charge in [-0.1, -0.05) is 12.1 Å². The van der Waals surface area contributed by atoms with Crippen LogP contribution in [0.3, 0.4) is 0 Å². The largest absolute Gasteiger partial charge is 0.492 e. The van der Waals surface area contributed by atoms with Gasteiger partial charge in [0.15, 0.2) is 0 Å². The Morgan fingerprint density at radius 3 is 2.32 bits per heavy atom. The van der Waals surface area contributed by atoms with Gasteiger partial charge in [0.05, 0.1) is 5.75 Å². The summed E-state index contributed by atoms with van der Waals surface area (Å²) in [5.74, 6) is -0.0808. The molecule has 0 aliphatic rings. The molecule has 0 saturated carbocycles. The molecule has 0 fully saturated rings. The number of rotatable bonds is 7. The van der Waals surface area contributed by atoms with Crippen molar-refractivity contribution in [2.45, 2.75) is 6.54 Å². The van der Waals surface area contributed by atoms with E-state index in [-0.39, 0.29) is 24.7 Å². The summed E-state index contributed by atoms with van der Waals surface area (Å²) in [7, 11) is -3.42. The normalized spacial score (nSPS) is 11.4. The standard InChI is InChI=1S/C15H15FINO3S/c16-13-3-7-15(8-4-13)21-9-10-22(19,20)18-11-12-1-5-14(17)6-2-12/h1-8,18H,9-11H2. The number of nitrogens with one attached hydrogen (secondary N) is 1. The molecule has 0 heterocycles. The first-order valence-electron chi connectivity index (χ1n) is 6.55. The predicted molar refractivity (Wildman–Crippen MR) is 91.7 cm³/mol. The molecule has 22 heavy (non-hydrogen) atoms. The van der Waals surface area contributed by atoms with Crippen LogP contribution in [0.4, 0.5) is 4.39 Å². The molecule has 0 saturated heterocycles. The minimum Gasteiger partial charge on any atom is -0.492 e. The van der Waals surface area contributed by atoms with Crippen LogP contribution in [0.2, 0.25) is 0 Å². The van der Waals surface area contributed by atoms with Crippen LogP contribution in [0.15, 0.2) is 48.5 Å². The lowest BCUT2D eigenvalue weighted by Crippen LogP contribution is -2.28. The highest BCUT2D eigenvalue weighted by Crippen LogP contribution is 2.11. The molecule has 0 bridgehead atoms. The van der Waals surface area contributed by atoms with Gasteiger partial charge in [0, 0.05) is 10.1 Å². The van der Waals surface area contributed by atoms with Crippen LogP contribution in [0.25, 0.3) is 0 Å². The molecule has 0 amide bonds. The van der Waals surface area contributed by atoms with Gasteiger partial charge in [-0.25, -0.2) is 17.5 Å². The summed E-state index contributed by atoms with van der Waals surface area (Å²) in [5.41, 5.74) is 0.892. The highest BCUT2D eigenvalue weighted by atomic mass is 127. The van der Waals surface area contributed by atoms with Crippen molar-refractivity contribution in [1.29, 1.82) is 0 Å². The molecule has 0 aliphatic heterocycles. The lowest BCUT2D eigenvalue weighted by atomic mass is 10.2. The van der Waals surface area contributed by atoms with Gasteiger partial charge in [0.25, 0.3) is 0 Å². The fourth-order valence-corrected chi connectivity index (χ4v) is 2.86. The fraction of sp³-hybridized carbons (Fsp3) is 0.200. The monoisotopic (exact) mass is 435 g/mol. The van der Waals surface area contributed by atoms with E-state index in [1.807, 2.05) is 24.3 Å². The lowest BCUT2D eigenvalue weighted by molar-refractivity contribution is 0.339. The highest BCUT2D eigenvalue weighted by molar-refractivity contribution is 14.1. The Kier molecular flexibility index (Phi) is 6.16. The van der Waals surface area contributed by atoms with Crippen molar-refractivity contribution in [1.82, 2.24) is 4.72 Å². The summed E-state index contributed by atoms with van der Waals surface area (Å²) < 4.78 is 45.3. The third kappa shape index (κ3) is 5.90. The molecular formula is C15H15FINO3S. The van der Waals surface area contributed by atoms with Crippen LogP contribution < -0.4 is 9.46 Å². The molecule has 4 nitrogen and oxygen atoms in total. The first-order chi connectivity index (χ1) is 10.4. The van der Waals surface area contributed by atoms with Crippen molar-refractivity contribution >= 4 is 32.6 Å². The van der Waals surface area contributed by atoms with Gasteiger partial charge in [-0.3, -0.25) is 0 Å². The molecule has 2 aromatic rings. The Bertz CT molecular complexity index is 703. The Morgan fingerprint density at radius 1 is 1.05 bits per heavy atom. The topological polar surface area (TPSA) is 55.4 Å². The van der Waals surface area contributed by atoms with Gasteiger partial charge < -0.3 is 4.74 Å². The first kappa shape index (κ1) is 17.2. The molecular weight excluding hydrogens is 420 g/mol. The van der Waals surface area contributed by atoms with Gasteiger partial charge in [0.2, 0.25) is 10.0 Å². The molecule has 2 aromatic carbocycles. The van der Waals surface area contributed by atoms with E-state index in [9.17, 15) is 12.8 Å². The Labute approximate surface area is 142 Å². The molecule has 7 heteroatoms. The smallest absolute Gasteiger partial charge is 0.215 e. The maximum absolute atomic E-state index is 12.7. The zero-order valence-corrected chi connectivity index (χ0v) is 14.6. The molecule has 1 N–H and O–H groups in total. The fourth-order valence-electron chi connectivity index (χ4n) is 1.67. The van der Waals surface area contributed by atoms with E-state index >= 15 is 0 Å². The third-order valence-corrected chi connectivity index (χ3v) is 4.85. The average molecular weight is 435 g/mol. The Hall–Kier alpha value is -1.19. The minimum atomic E-state index is -3.42. The second-order valence-corrected chi connectivity index (χ2v) is 7.74. The summed E-state index contributed by atoms with van der Waals surface area (Å²) in [5, 5.41) is 0. The van der Waals surface area contributed by atoms with Gasteiger partial charge in [-0.2, -0.15) is 0 Å². The number of hydrogen-bond donors (Lipinski definition) is 1. The number of hydrogen-bond acceptors (Lipinski definition) is 3. The number of halogens is 2. The molecule has 0 atom stereocenters.